The average Bonchev–Trinajstić information content (AvgIpc) is 3.26. The molecule has 4 rings (SSSR count). The summed E-state index contributed by atoms with van der Waals surface area (Å²) in [5.41, 5.74) is -0.163. The molecule has 1 saturated carbocycles. The first-order chi connectivity index (χ1) is 12.2. The SMILES string of the molecule is CCc1noc(CN2CC[C@@]3(CCCN(C4CCCCC4)C3=O)C2)n1. The lowest BCUT2D eigenvalue weighted by Crippen LogP contribution is -2.54. The summed E-state index contributed by atoms with van der Waals surface area (Å²) in [6.45, 7) is 5.47. The number of hydrogen-bond acceptors (Lipinski definition) is 5. The zero-order chi connectivity index (χ0) is 17.3. The molecular formula is C19H30N4O2. The van der Waals surface area contributed by atoms with Crippen LogP contribution in [-0.2, 0) is 17.8 Å². The summed E-state index contributed by atoms with van der Waals surface area (Å²) in [6, 6.07) is 0.496. The van der Waals surface area contributed by atoms with Gasteiger partial charge in [0.2, 0.25) is 11.8 Å². The van der Waals surface area contributed by atoms with Crippen molar-refractivity contribution in [1.29, 1.82) is 0 Å². The fraction of sp³-hybridized carbons (Fsp3) is 0.842. The van der Waals surface area contributed by atoms with E-state index in [0.29, 0.717) is 24.4 Å². The van der Waals surface area contributed by atoms with Gasteiger partial charge in [0.05, 0.1) is 12.0 Å². The van der Waals surface area contributed by atoms with Gasteiger partial charge in [-0.2, -0.15) is 4.98 Å². The Balaban J connectivity index is 1.41. The first kappa shape index (κ1) is 17.0. The molecule has 0 aromatic carbocycles. The van der Waals surface area contributed by atoms with E-state index in [2.05, 4.69) is 19.9 Å². The minimum atomic E-state index is -0.163. The van der Waals surface area contributed by atoms with Crippen molar-refractivity contribution >= 4 is 5.91 Å². The number of piperidine rings is 1. The number of rotatable bonds is 4. The Morgan fingerprint density at radius 3 is 2.76 bits per heavy atom. The molecule has 1 aromatic rings. The van der Waals surface area contributed by atoms with Crippen molar-refractivity contribution in [3.05, 3.63) is 11.7 Å². The van der Waals surface area contributed by atoms with Crippen LogP contribution in [0.5, 0.6) is 0 Å². The van der Waals surface area contributed by atoms with E-state index >= 15 is 0 Å². The highest BCUT2D eigenvalue weighted by molar-refractivity contribution is 5.84. The predicted molar refractivity (Wildman–Crippen MR) is 93.8 cm³/mol. The average molecular weight is 346 g/mol. The van der Waals surface area contributed by atoms with E-state index in [4.69, 9.17) is 4.52 Å². The second-order valence-electron chi connectivity index (χ2n) is 8.09. The van der Waals surface area contributed by atoms with E-state index in [1.807, 2.05) is 6.92 Å². The Labute approximate surface area is 149 Å². The van der Waals surface area contributed by atoms with Crippen molar-refractivity contribution in [2.45, 2.75) is 77.3 Å². The van der Waals surface area contributed by atoms with Crippen molar-refractivity contribution < 1.29 is 9.32 Å². The molecule has 2 aliphatic heterocycles. The highest BCUT2D eigenvalue weighted by atomic mass is 16.5. The molecule has 0 radical (unpaired) electrons. The largest absolute Gasteiger partial charge is 0.339 e. The molecular weight excluding hydrogens is 316 g/mol. The van der Waals surface area contributed by atoms with Gasteiger partial charge in [-0.1, -0.05) is 31.3 Å². The fourth-order valence-electron chi connectivity index (χ4n) is 5.00. The molecule has 6 nitrogen and oxygen atoms in total. The Hall–Kier alpha value is -1.43. The number of hydrogen-bond donors (Lipinski definition) is 0. The quantitative estimate of drug-likeness (QED) is 0.839. The summed E-state index contributed by atoms with van der Waals surface area (Å²) in [6.07, 6.45) is 10.3. The van der Waals surface area contributed by atoms with E-state index in [-0.39, 0.29) is 5.41 Å². The van der Waals surface area contributed by atoms with Gasteiger partial charge in [0.15, 0.2) is 5.82 Å². The van der Waals surface area contributed by atoms with Gasteiger partial charge in [-0.15, -0.1) is 0 Å². The zero-order valence-electron chi connectivity index (χ0n) is 15.4. The summed E-state index contributed by atoms with van der Waals surface area (Å²) >= 11 is 0. The molecule has 1 atom stereocenters. The summed E-state index contributed by atoms with van der Waals surface area (Å²) in [5, 5.41) is 3.98. The van der Waals surface area contributed by atoms with Crippen LogP contribution in [0.25, 0.3) is 0 Å². The number of likely N-dealkylation sites (tertiary alicyclic amines) is 2. The second kappa shape index (κ2) is 7.06. The second-order valence-corrected chi connectivity index (χ2v) is 8.09. The topological polar surface area (TPSA) is 62.5 Å². The number of carbonyl (C=O) groups is 1. The highest BCUT2D eigenvalue weighted by Gasteiger charge is 2.49. The lowest BCUT2D eigenvalue weighted by atomic mass is 9.77. The summed E-state index contributed by atoms with van der Waals surface area (Å²) in [5.74, 6) is 1.87. The van der Waals surface area contributed by atoms with Crippen molar-refractivity contribution in [1.82, 2.24) is 19.9 Å². The Morgan fingerprint density at radius 1 is 1.16 bits per heavy atom. The van der Waals surface area contributed by atoms with E-state index in [1.54, 1.807) is 0 Å². The first-order valence-electron chi connectivity index (χ1n) is 10.0. The van der Waals surface area contributed by atoms with E-state index in [0.717, 1.165) is 51.1 Å². The lowest BCUT2D eigenvalue weighted by Gasteiger charge is -2.44. The molecule has 3 fully saturated rings. The molecule has 1 aromatic heterocycles. The molecule has 6 heteroatoms. The Bertz CT molecular complexity index is 610. The summed E-state index contributed by atoms with van der Waals surface area (Å²) in [7, 11) is 0. The van der Waals surface area contributed by atoms with Crippen molar-refractivity contribution in [3.63, 3.8) is 0 Å². The van der Waals surface area contributed by atoms with Crippen LogP contribution in [0.4, 0.5) is 0 Å². The molecule has 2 saturated heterocycles. The molecule has 3 heterocycles. The summed E-state index contributed by atoms with van der Waals surface area (Å²) in [4.78, 5) is 22.3. The zero-order valence-corrected chi connectivity index (χ0v) is 15.4. The molecule has 0 N–H and O–H groups in total. The predicted octanol–water partition coefficient (Wildman–Crippen LogP) is 2.78. The maximum atomic E-state index is 13.3. The number of nitrogens with zero attached hydrogens (tertiary/aromatic N) is 4. The van der Waals surface area contributed by atoms with Crippen LogP contribution in [0.3, 0.4) is 0 Å². The van der Waals surface area contributed by atoms with Crippen molar-refractivity contribution in [3.8, 4) is 0 Å². The Kier molecular flexibility index (Phi) is 4.80. The van der Waals surface area contributed by atoms with Gasteiger partial charge in [-0.25, -0.2) is 0 Å². The van der Waals surface area contributed by atoms with Crippen LogP contribution >= 0.6 is 0 Å². The molecule has 0 bridgehead atoms. The number of amides is 1. The first-order valence-corrected chi connectivity index (χ1v) is 10.0. The molecule has 138 valence electrons. The molecule has 1 aliphatic carbocycles. The Morgan fingerprint density at radius 2 is 2.00 bits per heavy atom. The minimum Gasteiger partial charge on any atom is -0.339 e. The normalized spacial score (nSPS) is 29.0. The van der Waals surface area contributed by atoms with Crippen LogP contribution in [0.1, 0.15) is 70.0 Å². The van der Waals surface area contributed by atoms with Crippen LogP contribution < -0.4 is 0 Å². The fourth-order valence-corrected chi connectivity index (χ4v) is 5.00. The molecule has 3 aliphatic rings. The highest BCUT2D eigenvalue weighted by Crippen LogP contribution is 2.42. The van der Waals surface area contributed by atoms with Gasteiger partial charge < -0.3 is 9.42 Å². The monoisotopic (exact) mass is 346 g/mol. The number of carbonyl (C=O) groups excluding carboxylic acids is 1. The molecule has 25 heavy (non-hydrogen) atoms. The molecule has 1 amide bonds. The van der Waals surface area contributed by atoms with Gasteiger partial charge in [-0.05, 0) is 38.6 Å². The van der Waals surface area contributed by atoms with Crippen LogP contribution in [0, 0.1) is 5.41 Å². The van der Waals surface area contributed by atoms with Gasteiger partial charge in [-0.3, -0.25) is 9.69 Å². The van der Waals surface area contributed by atoms with Crippen molar-refractivity contribution in [2.75, 3.05) is 19.6 Å². The van der Waals surface area contributed by atoms with Crippen LogP contribution in [0.2, 0.25) is 0 Å². The van der Waals surface area contributed by atoms with Gasteiger partial charge in [0.25, 0.3) is 0 Å². The van der Waals surface area contributed by atoms with Gasteiger partial charge in [0.1, 0.15) is 0 Å². The third-order valence-corrected chi connectivity index (χ3v) is 6.40. The van der Waals surface area contributed by atoms with Gasteiger partial charge in [0, 0.05) is 25.6 Å². The minimum absolute atomic E-state index is 0.163. The van der Waals surface area contributed by atoms with E-state index in [1.165, 1.54) is 32.1 Å². The number of aromatic nitrogens is 2. The summed E-state index contributed by atoms with van der Waals surface area (Å²) < 4.78 is 5.34. The lowest BCUT2D eigenvalue weighted by molar-refractivity contribution is -0.149. The molecule has 0 unspecified atom stereocenters. The smallest absolute Gasteiger partial charge is 0.240 e. The maximum Gasteiger partial charge on any atom is 0.240 e. The van der Waals surface area contributed by atoms with Crippen LogP contribution in [-0.4, -0.2) is 51.5 Å². The van der Waals surface area contributed by atoms with Gasteiger partial charge >= 0.3 is 0 Å². The van der Waals surface area contributed by atoms with E-state index < -0.39 is 0 Å². The molecule has 1 spiro atoms. The maximum absolute atomic E-state index is 13.3. The van der Waals surface area contributed by atoms with Crippen molar-refractivity contribution in [2.24, 2.45) is 5.41 Å². The van der Waals surface area contributed by atoms with Crippen LogP contribution in [0.15, 0.2) is 4.52 Å². The standard InChI is InChI=1S/C19H30N4O2/c1-2-16-20-17(25-21-16)13-22-12-10-19(14-22)9-6-11-23(18(19)24)15-7-4-3-5-8-15/h15H,2-14H2,1H3/t19-/m0/s1. The third kappa shape index (κ3) is 3.33. The number of aryl methyl sites for hydroxylation is 1. The third-order valence-electron chi connectivity index (χ3n) is 6.40. The van der Waals surface area contributed by atoms with E-state index in [9.17, 15) is 4.79 Å².